The smallest absolute Gasteiger partial charge is 0.237 e. The van der Waals surface area contributed by atoms with Crippen LogP contribution in [0.2, 0.25) is 0 Å². The number of rotatable bonds is 2. The number of guanidine groups is 1. The van der Waals surface area contributed by atoms with Crippen LogP contribution in [0.15, 0.2) is 29.4 Å². The van der Waals surface area contributed by atoms with E-state index in [0.717, 1.165) is 11.4 Å². The molecule has 0 fully saturated rings. The number of hydrogen-bond acceptors (Lipinski definition) is 3. The normalized spacial score (nSPS) is 11.1. The third kappa shape index (κ3) is 2.07. The van der Waals surface area contributed by atoms with Gasteiger partial charge in [0.15, 0.2) is 0 Å². The van der Waals surface area contributed by atoms with Crippen LogP contribution in [0.4, 0.5) is 5.69 Å². The van der Waals surface area contributed by atoms with E-state index in [-0.39, 0.29) is 5.96 Å². The molecule has 1 rings (SSSR count). The summed E-state index contributed by atoms with van der Waals surface area (Å²) in [5.41, 5.74) is 6.23. The summed E-state index contributed by atoms with van der Waals surface area (Å²) in [4.78, 5) is 1.56. The highest BCUT2D eigenvalue weighted by Crippen LogP contribution is 2.17. The zero-order valence-corrected chi connectivity index (χ0v) is 8.14. The Balaban J connectivity index is 2.86. The molecule has 0 saturated carbocycles. The molecule has 1 aromatic carbocycles. The van der Waals surface area contributed by atoms with Crippen LogP contribution in [0.25, 0.3) is 0 Å². The van der Waals surface area contributed by atoms with Gasteiger partial charge in [0.1, 0.15) is 5.75 Å². The van der Waals surface area contributed by atoms with E-state index in [9.17, 15) is 0 Å². The lowest BCUT2D eigenvalue weighted by molar-refractivity contribution is 0.317. The Kier molecular flexibility index (Phi) is 3.17. The fourth-order valence-electron chi connectivity index (χ4n) is 1.01. The molecule has 0 aliphatic rings. The maximum absolute atomic E-state index is 8.46. The van der Waals surface area contributed by atoms with Crippen molar-refractivity contribution >= 4 is 11.6 Å². The molecule has 0 aliphatic heterocycles. The van der Waals surface area contributed by atoms with E-state index in [4.69, 9.17) is 15.7 Å². The summed E-state index contributed by atoms with van der Waals surface area (Å²) < 4.78 is 5.01. The van der Waals surface area contributed by atoms with Crippen LogP contribution >= 0.6 is 0 Å². The van der Waals surface area contributed by atoms with Crippen molar-refractivity contribution in [3.05, 3.63) is 24.3 Å². The number of nitrogens with two attached hydrogens (primary N) is 1. The van der Waals surface area contributed by atoms with Crippen molar-refractivity contribution in [3.63, 3.8) is 0 Å². The average Bonchev–Trinajstić information content (AvgIpc) is 2.27. The summed E-state index contributed by atoms with van der Waals surface area (Å²) in [6.45, 7) is 0. The summed E-state index contributed by atoms with van der Waals surface area (Å²) in [6, 6.07) is 7.24. The first-order valence-corrected chi connectivity index (χ1v) is 4.04. The second kappa shape index (κ2) is 4.36. The van der Waals surface area contributed by atoms with Gasteiger partial charge in [-0.15, -0.1) is 0 Å². The Morgan fingerprint density at radius 3 is 2.43 bits per heavy atom. The minimum Gasteiger partial charge on any atom is -0.497 e. The highest BCUT2D eigenvalue weighted by atomic mass is 16.5. The maximum atomic E-state index is 8.46. The van der Waals surface area contributed by atoms with Gasteiger partial charge in [-0.3, -0.25) is 0 Å². The largest absolute Gasteiger partial charge is 0.497 e. The number of benzene rings is 1. The summed E-state index contributed by atoms with van der Waals surface area (Å²) in [7, 11) is 3.30. The average molecular weight is 195 g/mol. The van der Waals surface area contributed by atoms with Crippen molar-refractivity contribution in [2.45, 2.75) is 0 Å². The Hall–Kier alpha value is -1.91. The van der Waals surface area contributed by atoms with E-state index in [2.05, 4.69) is 5.16 Å². The topological polar surface area (TPSA) is 71.1 Å². The molecule has 0 aromatic heterocycles. The first-order valence-electron chi connectivity index (χ1n) is 4.04. The molecule has 0 saturated heterocycles. The molecule has 5 heteroatoms. The lowest BCUT2D eigenvalue weighted by atomic mass is 10.3. The molecule has 1 aromatic rings. The Labute approximate surface area is 82.4 Å². The van der Waals surface area contributed by atoms with Gasteiger partial charge in [-0.2, -0.15) is 0 Å². The Bertz CT molecular complexity index is 321. The van der Waals surface area contributed by atoms with Crippen molar-refractivity contribution in [2.24, 2.45) is 10.9 Å². The van der Waals surface area contributed by atoms with Crippen LogP contribution in [0, 0.1) is 0 Å². The SMILES string of the molecule is COc1ccc(N(C)C(N)=NO)cc1. The van der Waals surface area contributed by atoms with Gasteiger partial charge in [0.2, 0.25) is 5.96 Å². The van der Waals surface area contributed by atoms with Crippen LogP contribution in [0.5, 0.6) is 5.75 Å². The minimum absolute atomic E-state index is 0.0372. The van der Waals surface area contributed by atoms with Crippen molar-refractivity contribution in [1.82, 2.24) is 0 Å². The van der Waals surface area contributed by atoms with Gasteiger partial charge in [-0.1, -0.05) is 5.16 Å². The third-order valence-corrected chi connectivity index (χ3v) is 1.91. The van der Waals surface area contributed by atoms with Gasteiger partial charge in [-0.25, -0.2) is 0 Å². The fourth-order valence-corrected chi connectivity index (χ4v) is 1.01. The molecule has 0 bridgehead atoms. The van der Waals surface area contributed by atoms with Crippen LogP contribution < -0.4 is 15.4 Å². The summed E-state index contributed by atoms with van der Waals surface area (Å²) in [5, 5.41) is 11.4. The predicted molar refractivity (Wildman–Crippen MR) is 54.8 cm³/mol. The predicted octanol–water partition coefficient (Wildman–Crippen LogP) is 0.835. The molecule has 76 valence electrons. The molecule has 0 atom stereocenters. The van der Waals surface area contributed by atoms with Gasteiger partial charge < -0.3 is 20.6 Å². The van der Waals surface area contributed by atoms with Gasteiger partial charge in [-0.05, 0) is 24.3 Å². The molecule has 0 amide bonds. The molecule has 14 heavy (non-hydrogen) atoms. The molecule has 0 radical (unpaired) electrons. The van der Waals surface area contributed by atoms with E-state index < -0.39 is 0 Å². The molecule has 0 unspecified atom stereocenters. The van der Waals surface area contributed by atoms with E-state index in [0.29, 0.717) is 0 Å². The first-order chi connectivity index (χ1) is 6.69. The lowest BCUT2D eigenvalue weighted by Gasteiger charge is -2.16. The molecule has 3 N–H and O–H groups in total. The summed E-state index contributed by atoms with van der Waals surface area (Å²) >= 11 is 0. The number of methoxy groups -OCH3 is 1. The summed E-state index contributed by atoms with van der Waals surface area (Å²) in [6.07, 6.45) is 0. The van der Waals surface area contributed by atoms with E-state index >= 15 is 0 Å². The van der Waals surface area contributed by atoms with Gasteiger partial charge >= 0.3 is 0 Å². The van der Waals surface area contributed by atoms with Crippen molar-refractivity contribution in [3.8, 4) is 5.75 Å². The third-order valence-electron chi connectivity index (χ3n) is 1.91. The number of ether oxygens (including phenoxy) is 1. The minimum atomic E-state index is 0.0372. The van der Waals surface area contributed by atoms with Gasteiger partial charge in [0.05, 0.1) is 7.11 Å². The summed E-state index contributed by atoms with van der Waals surface area (Å²) in [5.74, 6) is 0.803. The molecular weight excluding hydrogens is 182 g/mol. The molecular formula is C9H13N3O2. The van der Waals surface area contributed by atoms with E-state index in [1.165, 1.54) is 0 Å². The zero-order valence-electron chi connectivity index (χ0n) is 8.14. The second-order valence-electron chi connectivity index (χ2n) is 2.72. The van der Waals surface area contributed by atoms with E-state index in [1.807, 2.05) is 12.1 Å². The number of anilines is 1. The van der Waals surface area contributed by atoms with Crippen molar-refractivity contribution in [2.75, 3.05) is 19.1 Å². The fraction of sp³-hybridized carbons (Fsp3) is 0.222. The maximum Gasteiger partial charge on any atom is 0.237 e. The van der Waals surface area contributed by atoms with Crippen molar-refractivity contribution in [1.29, 1.82) is 0 Å². The molecule has 0 aliphatic carbocycles. The Morgan fingerprint density at radius 2 is 2.00 bits per heavy atom. The Morgan fingerprint density at radius 1 is 1.43 bits per heavy atom. The van der Waals surface area contributed by atoms with Crippen LogP contribution in [0.1, 0.15) is 0 Å². The second-order valence-corrected chi connectivity index (χ2v) is 2.72. The standard InChI is InChI=1S/C9H13N3O2/c1-12(9(10)11-13)7-3-5-8(14-2)6-4-7/h3-6,13H,1-2H3,(H2,10,11). The highest BCUT2D eigenvalue weighted by molar-refractivity contribution is 5.93. The van der Waals surface area contributed by atoms with Crippen molar-refractivity contribution < 1.29 is 9.94 Å². The number of nitrogens with zero attached hydrogens (tertiary/aromatic N) is 2. The molecule has 0 spiro atoms. The first kappa shape index (κ1) is 10.2. The highest BCUT2D eigenvalue weighted by Gasteiger charge is 2.04. The number of oxime groups is 1. The van der Waals surface area contributed by atoms with Crippen LogP contribution in [-0.4, -0.2) is 25.3 Å². The monoisotopic (exact) mass is 195 g/mol. The van der Waals surface area contributed by atoms with Gasteiger partial charge in [0.25, 0.3) is 0 Å². The zero-order chi connectivity index (χ0) is 10.6. The quantitative estimate of drug-likeness (QED) is 0.317. The lowest BCUT2D eigenvalue weighted by Crippen LogP contribution is -2.33. The number of hydrogen-bond donors (Lipinski definition) is 2. The molecule has 0 heterocycles. The van der Waals surface area contributed by atoms with Crippen LogP contribution in [-0.2, 0) is 0 Å². The van der Waals surface area contributed by atoms with Crippen LogP contribution in [0.3, 0.4) is 0 Å². The van der Waals surface area contributed by atoms with E-state index in [1.54, 1.807) is 31.2 Å². The molecule has 5 nitrogen and oxygen atoms in total. The van der Waals surface area contributed by atoms with Gasteiger partial charge in [0, 0.05) is 12.7 Å².